The highest BCUT2D eigenvalue weighted by Crippen LogP contribution is 2.33. The summed E-state index contributed by atoms with van der Waals surface area (Å²) in [6.07, 6.45) is 3.11. The first-order valence-corrected chi connectivity index (χ1v) is 9.59. The summed E-state index contributed by atoms with van der Waals surface area (Å²) in [5.74, 6) is 2.24. The first kappa shape index (κ1) is 17.2. The molecule has 138 valence electrons. The Hall–Kier alpha value is -2.21. The van der Waals surface area contributed by atoms with Gasteiger partial charge >= 0.3 is 0 Å². The van der Waals surface area contributed by atoms with Crippen LogP contribution < -0.4 is 0 Å². The zero-order valence-electron chi connectivity index (χ0n) is 15.7. The van der Waals surface area contributed by atoms with Gasteiger partial charge in [-0.15, -0.1) is 10.2 Å². The second-order valence-electron chi connectivity index (χ2n) is 7.50. The fourth-order valence-corrected chi connectivity index (χ4v) is 4.26. The highest BCUT2D eigenvalue weighted by atomic mass is 16.2. The smallest absolute Gasteiger partial charge is 0.219 e. The number of aryl methyl sites for hydroxylation is 1. The molecule has 2 aliphatic heterocycles. The number of rotatable bonds is 3. The van der Waals surface area contributed by atoms with E-state index in [9.17, 15) is 4.79 Å². The van der Waals surface area contributed by atoms with E-state index in [-0.39, 0.29) is 5.91 Å². The van der Waals surface area contributed by atoms with Crippen molar-refractivity contribution in [2.75, 3.05) is 19.6 Å². The van der Waals surface area contributed by atoms with Crippen LogP contribution in [0, 0.1) is 6.92 Å². The van der Waals surface area contributed by atoms with Crippen molar-refractivity contribution in [2.24, 2.45) is 0 Å². The van der Waals surface area contributed by atoms with Crippen molar-refractivity contribution < 1.29 is 4.79 Å². The molecule has 26 heavy (non-hydrogen) atoms. The van der Waals surface area contributed by atoms with E-state index in [1.54, 1.807) is 6.92 Å². The molecule has 2 aliphatic rings. The summed E-state index contributed by atoms with van der Waals surface area (Å²) in [6, 6.07) is 9.07. The van der Waals surface area contributed by atoms with Crippen molar-refractivity contribution in [3.63, 3.8) is 0 Å². The van der Waals surface area contributed by atoms with Gasteiger partial charge in [0.25, 0.3) is 0 Å². The fourth-order valence-electron chi connectivity index (χ4n) is 4.26. The zero-order chi connectivity index (χ0) is 18.1. The number of carbonyl (C=O) groups is 1. The van der Waals surface area contributed by atoms with E-state index < -0.39 is 0 Å². The van der Waals surface area contributed by atoms with Gasteiger partial charge in [-0.05, 0) is 31.9 Å². The summed E-state index contributed by atoms with van der Waals surface area (Å²) in [5, 5.41) is 9.03. The zero-order valence-corrected chi connectivity index (χ0v) is 15.7. The molecule has 1 atom stereocenters. The molecule has 1 saturated heterocycles. The predicted octanol–water partition coefficient (Wildman–Crippen LogP) is 2.33. The van der Waals surface area contributed by atoms with Gasteiger partial charge in [-0.1, -0.05) is 29.8 Å². The van der Waals surface area contributed by atoms with E-state index in [0.717, 1.165) is 57.2 Å². The molecule has 0 aliphatic carbocycles. The fraction of sp³-hybridized carbons (Fsp3) is 0.550. The highest BCUT2D eigenvalue weighted by molar-refractivity contribution is 5.73. The van der Waals surface area contributed by atoms with Crippen molar-refractivity contribution >= 4 is 5.91 Å². The maximum Gasteiger partial charge on any atom is 0.219 e. The minimum atomic E-state index is 0.146. The number of likely N-dealkylation sites (tertiary alicyclic amines) is 1. The first-order valence-electron chi connectivity index (χ1n) is 9.59. The normalized spacial score (nSPS) is 20.8. The Labute approximate surface area is 154 Å². The molecule has 0 unspecified atom stereocenters. The molecule has 0 saturated carbocycles. The molecule has 0 bridgehead atoms. The Morgan fingerprint density at radius 3 is 2.88 bits per heavy atom. The average molecular weight is 353 g/mol. The second kappa shape index (κ2) is 7.19. The third-order valence-electron chi connectivity index (χ3n) is 5.63. The number of hydrogen-bond acceptors (Lipinski definition) is 4. The Morgan fingerprint density at radius 1 is 1.19 bits per heavy atom. The molecule has 2 aromatic rings. The van der Waals surface area contributed by atoms with Gasteiger partial charge in [0.1, 0.15) is 11.6 Å². The van der Waals surface area contributed by atoms with Crippen LogP contribution in [0.3, 0.4) is 0 Å². The lowest BCUT2D eigenvalue weighted by molar-refractivity contribution is -0.128. The summed E-state index contributed by atoms with van der Waals surface area (Å²) < 4.78 is 2.27. The predicted molar refractivity (Wildman–Crippen MR) is 99.5 cm³/mol. The quantitative estimate of drug-likeness (QED) is 0.850. The monoisotopic (exact) mass is 353 g/mol. The number of amides is 1. The van der Waals surface area contributed by atoms with Gasteiger partial charge in [0, 0.05) is 39.5 Å². The Balaban J connectivity index is 1.54. The van der Waals surface area contributed by atoms with Gasteiger partial charge in [0.05, 0.1) is 6.04 Å². The number of benzene rings is 1. The van der Waals surface area contributed by atoms with Gasteiger partial charge in [-0.25, -0.2) is 0 Å². The van der Waals surface area contributed by atoms with Crippen LogP contribution in [0.5, 0.6) is 0 Å². The van der Waals surface area contributed by atoms with Crippen molar-refractivity contribution in [1.29, 1.82) is 0 Å². The third kappa shape index (κ3) is 3.38. The number of carbonyl (C=O) groups excluding carboxylic acids is 1. The molecule has 1 aromatic heterocycles. The third-order valence-corrected chi connectivity index (χ3v) is 5.63. The van der Waals surface area contributed by atoms with E-state index in [2.05, 4.69) is 50.9 Å². The minimum absolute atomic E-state index is 0.146. The molecule has 6 heteroatoms. The van der Waals surface area contributed by atoms with Crippen LogP contribution in [0.1, 0.15) is 48.6 Å². The summed E-state index contributed by atoms with van der Waals surface area (Å²) in [6.45, 7) is 8.13. The molecule has 4 rings (SSSR count). The van der Waals surface area contributed by atoms with Crippen LogP contribution in [-0.4, -0.2) is 50.1 Å². The van der Waals surface area contributed by atoms with Crippen LogP contribution in [0.2, 0.25) is 0 Å². The van der Waals surface area contributed by atoms with Gasteiger partial charge in [0.2, 0.25) is 5.91 Å². The van der Waals surface area contributed by atoms with Crippen LogP contribution >= 0.6 is 0 Å². The van der Waals surface area contributed by atoms with Crippen LogP contribution in [0.4, 0.5) is 0 Å². The van der Waals surface area contributed by atoms with Gasteiger partial charge in [0.15, 0.2) is 0 Å². The first-order chi connectivity index (χ1) is 12.6. The maximum atomic E-state index is 11.7. The van der Waals surface area contributed by atoms with E-state index >= 15 is 0 Å². The SMILES string of the molecule is CC(=O)N1CCc2nnc([C@H]3CCCN3Cc3cccc(C)c3)n2CC1. The molecular formula is C20H27N5O. The van der Waals surface area contributed by atoms with Crippen LogP contribution in [-0.2, 0) is 24.3 Å². The highest BCUT2D eigenvalue weighted by Gasteiger charge is 2.32. The molecule has 1 aromatic carbocycles. The Bertz CT molecular complexity index is 799. The average Bonchev–Trinajstić information content (AvgIpc) is 3.15. The van der Waals surface area contributed by atoms with Gasteiger partial charge < -0.3 is 9.47 Å². The largest absolute Gasteiger partial charge is 0.341 e. The second-order valence-corrected chi connectivity index (χ2v) is 7.50. The Morgan fingerprint density at radius 2 is 2.08 bits per heavy atom. The van der Waals surface area contributed by atoms with E-state index in [1.807, 2.05) is 4.90 Å². The van der Waals surface area contributed by atoms with E-state index in [0.29, 0.717) is 6.04 Å². The molecule has 6 nitrogen and oxygen atoms in total. The van der Waals surface area contributed by atoms with Crippen molar-refractivity contribution in [3.8, 4) is 0 Å². The minimum Gasteiger partial charge on any atom is -0.341 e. The van der Waals surface area contributed by atoms with Crippen LogP contribution in [0.15, 0.2) is 24.3 Å². The molecule has 0 radical (unpaired) electrons. The van der Waals surface area contributed by atoms with Crippen molar-refractivity contribution in [2.45, 2.75) is 52.2 Å². The van der Waals surface area contributed by atoms with Crippen molar-refractivity contribution in [1.82, 2.24) is 24.6 Å². The summed E-state index contributed by atoms with van der Waals surface area (Å²) in [4.78, 5) is 16.2. The molecule has 1 amide bonds. The molecule has 0 N–H and O–H groups in total. The summed E-state index contributed by atoms with van der Waals surface area (Å²) in [5.41, 5.74) is 2.66. The standard InChI is InChI=1S/C20H27N5O/c1-15-5-3-6-17(13-15)14-24-9-4-7-18(24)20-22-21-19-8-10-23(16(2)26)11-12-25(19)20/h3,5-6,13,18H,4,7-12,14H2,1-2H3/t18-/m1/s1. The van der Waals surface area contributed by atoms with Crippen LogP contribution in [0.25, 0.3) is 0 Å². The molecule has 1 fully saturated rings. The maximum absolute atomic E-state index is 11.7. The van der Waals surface area contributed by atoms with E-state index in [1.165, 1.54) is 17.5 Å². The molecular weight excluding hydrogens is 326 g/mol. The lowest BCUT2D eigenvalue weighted by Gasteiger charge is -2.25. The van der Waals surface area contributed by atoms with Crippen molar-refractivity contribution in [3.05, 3.63) is 47.0 Å². The lowest BCUT2D eigenvalue weighted by atomic mass is 10.1. The number of hydrogen-bond donors (Lipinski definition) is 0. The molecule has 0 spiro atoms. The lowest BCUT2D eigenvalue weighted by Crippen LogP contribution is -2.32. The summed E-state index contributed by atoms with van der Waals surface area (Å²) in [7, 11) is 0. The van der Waals surface area contributed by atoms with Gasteiger partial charge in [-0.3, -0.25) is 9.69 Å². The topological polar surface area (TPSA) is 54.3 Å². The summed E-state index contributed by atoms with van der Waals surface area (Å²) >= 11 is 0. The van der Waals surface area contributed by atoms with E-state index in [4.69, 9.17) is 0 Å². The number of fused-ring (bicyclic) bond motifs is 1. The number of nitrogens with zero attached hydrogens (tertiary/aromatic N) is 5. The Kier molecular flexibility index (Phi) is 4.76. The number of aromatic nitrogens is 3. The van der Waals surface area contributed by atoms with Gasteiger partial charge in [-0.2, -0.15) is 0 Å². The molecule has 3 heterocycles.